The van der Waals surface area contributed by atoms with Crippen molar-refractivity contribution >= 4 is 23.6 Å². The van der Waals surface area contributed by atoms with Gasteiger partial charge < -0.3 is 19.1 Å². The molecular formula is C28H28FNO5S. The van der Waals surface area contributed by atoms with Crippen molar-refractivity contribution in [1.82, 2.24) is 4.90 Å². The first-order valence-electron chi connectivity index (χ1n) is 11.4. The molecule has 0 aromatic heterocycles. The number of ether oxygens (including phenoxy) is 3. The van der Waals surface area contributed by atoms with Crippen LogP contribution in [-0.2, 0) is 20.9 Å². The van der Waals surface area contributed by atoms with Gasteiger partial charge in [0.25, 0.3) is 0 Å². The number of likely N-dealkylation sites (tertiary alicyclic amines) is 1. The maximum Gasteiger partial charge on any atom is 0.325 e. The lowest BCUT2D eigenvalue weighted by Gasteiger charge is -2.36. The normalized spacial score (nSPS) is 19.3. The van der Waals surface area contributed by atoms with Gasteiger partial charge in [-0.1, -0.05) is 35.9 Å². The molecule has 1 heterocycles. The zero-order valence-electron chi connectivity index (χ0n) is 20.6. The van der Waals surface area contributed by atoms with E-state index in [0.29, 0.717) is 17.1 Å². The lowest BCUT2D eigenvalue weighted by Crippen LogP contribution is -2.43. The third-order valence-corrected chi connectivity index (χ3v) is 7.78. The highest BCUT2D eigenvalue weighted by Gasteiger charge is 2.59. The summed E-state index contributed by atoms with van der Waals surface area (Å²) in [6, 6.07) is 18.3. The van der Waals surface area contributed by atoms with E-state index in [0.717, 1.165) is 10.5 Å². The first-order valence-corrected chi connectivity index (χ1v) is 12.2. The molecule has 3 aromatic carbocycles. The van der Waals surface area contributed by atoms with Gasteiger partial charge in [0.1, 0.15) is 17.3 Å². The summed E-state index contributed by atoms with van der Waals surface area (Å²) in [5, 5.41) is 0. The van der Waals surface area contributed by atoms with E-state index in [9.17, 15) is 9.59 Å². The second-order valence-electron chi connectivity index (χ2n) is 8.60. The minimum atomic E-state index is -1.40. The number of benzene rings is 3. The molecule has 188 valence electrons. The van der Waals surface area contributed by atoms with Gasteiger partial charge in [-0.05, 0) is 37.3 Å². The van der Waals surface area contributed by atoms with Gasteiger partial charge in [-0.25, -0.2) is 4.39 Å². The first kappa shape index (κ1) is 25.6. The van der Waals surface area contributed by atoms with Crippen molar-refractivity contribution in [1.29, 1.82) is 0 Å². The Morgan fingerprint density at radius 3 is 2.42 bits per heavy atom. The van der Waals surface area contributed by atoms with Crippen LogP contribution in [0.1, 0.15) is 29.2 Å². The largest absolute Gasteiger partial charge is 0.497 e. The van der Waals surface area contributed by atoms with Crippen LogP contribution in [0, 0.1) is 12.7 Å². The smallest absolute Gasteiger partial charge is 0.325 e. The van der Waals surface area contributed by atoms with Crippen LogP contribution in [-0.4, -0.2) is 42.9 Å². The van der Waals surface area contributed by atoms with Gasteiger partial charge in [-0.15, -0.1) is 11.8 Å². The Morgan fingerprint density at radius 1 is 1.06 bits per heavy atom. The summed E-state index contributed by atoms with van der Waals surface area (Å²) in [5.41, 5.74) is 2.02. The predicted molar refractivity (Wildman–Crippen MR) is 136 cm³/mol. The minimum absolute atomic E-state index is 0.109. The molecule has 0 saturated carbocycles. The number of hydrogen-bond donors (Lipinski definition) is 0. The molecule has 36 heavy (non-hydrogen) atoms. The SMILES string of the molecule is COC(=O)[C@@]1(Sc2ccc(C)cc2)CC(=O)N(Cc2ccc(OC)cc2OC)C1c1ccccc1F. The number of hydrogen-bond acceptors (Lipinski definition) is 6. The maximum absolute atomic E-state index is 15.3. The predicted octanol–water partition coefficient (Wildman–Crippen LogP) is 5.33. The monoisotopic (exact) mass is 509 g/mol. The highest BCUT2D eigenvalue weighted by atomic mass is 32.2. The second-order valence-corrected chi connectivity index (χ2v) is 10.0. The van der Waals surface area contributed by atoms with E-state index in [4.69, 9.17) is 14.2 Å². The number of rotatable bonds is 8. The fourth-order valence-corrected chi connectivity index (χ4v) is 6.01. The molecule has 1 saturated heterocycles. The molecule has 8 heteroatoms. The molecule has 4 rings (SSSR count). The standard InChI is InChI=1S/C28H28FNO5S/c1-18-9-13-21(14-10-18)36-28(27(32)35-4)16-25(31)30(26(28)22-7-5-6-8-23(22)29)17-19-11-12-20(33-2)15-24(19)34-3/h5-15,26H,16-17H2,1-4H3/t26?,28-/m1/s1. The summed E-state index contributed by atoms with van der Waals surface area (Å²) < 4.78 is 30.0. The lowest BCUT2D eigenvalue weighted by atomic mass is 9.92. The number of nitrogens with zero attached hydrogens (tertiary/aromatic N) is 1. The zero-order valence-corrected chi connectivity index (χ0v) is 21.4. The van der Waals surface area contributed by atoms with E-state index in [1.807, 2.05) is 31.2 Å². The molecule has 2 atom stereocenters. The van der Waals surface area contributed by atoms with Crippen molar-refractivity contribution in [2.24, 2.45) is 0 Å². The van der Waals surface area contributed by atoms with Crippen molar-refractivity contribution in [3.63, 3.8) is 0 Å². The van der Waals surface area contributed by atoms with E-state index < -0.39 is 22.6 Å². The number of carbonyl (C=O) groups is 2. The molecule has 3 aromatic rings. The average molecular weight is 510 g/mol. The molecule has 1 aliphatic rings. The minimum Gasteiger partial charge on any atom is -0.497 e. The molecule has 6 nitrogen and oxygen atoms in total. The van der Waals surface area contributed by atoms with Crippen molar-refractivity contribution in [2.75, 3.05) is 21.3 Å². The van der Waals surface area contributed by atoms with E-state index in [2.05, 4.69) is 0 Å². The molecule has 0 bridgehead atoms. The summed E-state index contributed by atoms with van der Waals surface area (Å²) in [6.45, 7) is 2.08. The summed E-state index contributed by atoms with van der Waals surface area (Å²) in [5.74, 6) is -0.240. The Hall–Kier alpha value is -3.52. The number of thioether (sulfide) groups is 1. The van der Waals surface area contributed by atoms with E-state index >= 15 is 4.39 Å². The van der Waals surface area contributed by atoms with Crippen LogP contribution < -0.4 is 9.47 Å². The number of amides is 1. The first-order chi connectivity index (χ1) is 17.3. The van der Waals surface area contributed by atoms with Crippen molar-refractivity contribution in [3.05, 3.63) is 89.2 Å². The van der Waals surface area contributed by atoms with Crippen molar-refractivity contribution < 1.29 is 28.2 Å². The van der Waals surface area contributed by atoms with E-state index in [-0.39, 0.29) is 24.4 Å². The van der Waals surface area contributed by atoms with Crippen molar-refractivity contribution in [2.45, 2.75) is 35.6 Å². The van der Waals surface area contributed by atoms with Gasteiger partial charge >= 0.3 is 5.97 Å². The van der Waals surface area contributed by atoms with Crippen molar-refractivity contribution in [3.8, 4) is 11.5 Å². The van der Waals surface area contributed by atoms with E-state index in [1.165, 1.54) is 32.0 Å². The molecule has 0 spiro atoms. The molecule has 0 aliphatic carbocycles. The van der Waals surface area contributed by atoms with Gasteiger partial charge in [0, 0.05) is 28.6 Å². The summed E-state index contributed by atoms with van der Waals surface area (Å²) >= 11 is 1.23. The molecular weight excluding hydrogens is 481 g/mol. The fourth-order valence-electron chi connectivity index (χ4n) is 4.59. The third kappa shape index (κ3) is 4.78. The van der Waals surface area contributed by atoms with Crippen LogP contribution in [0.2, 0.25) is 0 Å². The lowest BCUT2D eigenvalue weighted by molar-refractivity contribution is -0.144. The van der Waals surface area contributed by atoms with Crippen LogP contribution in [0.4, 0.5) is 4.39 Å². The van der Waals surface area contributed by atoms with E-state index in [1.54, 1.807) is 48.4 Å². The molecule has 0 radical (unpaired) electrons. The Balaban J connectivity index is 1.86. The quantitative estimate of drug-likeness (QED) is 0.383. The van der Waals surface area contributed by atoms with Gasteiger partial charge in [0.2, 0.25) is 5.91 Å². The van der Waals surface area contributed by atoms with Gasteiger partial charge in [-0.3, -0.25) is 9.59 Å². The third-order valence-electron chi connectivity index (χ3n) is 6.37. The number of esters is 1. The molecule has 1 amide bonds. The van der Waals surface area contributed by atoms with Gasteiger partial charge in [-0.2, -0.15) is 0 Å². The van der Waals surface area contributed by atoms with Gasteiger partial charge in [0.15, 0.2) is 4.75 Å². The fraction of sp³-hybridized carbons (Fsp3) is 0.286. The topological polar surface area (TPSA) is 65.1 Å². The van der Waals surface area contributed by atoms with Crippen LogP contribution in [0.3, 0.4) is 0 Å². The van der Waals surface area contributed by atoms with Crippen LogP contribution in [0.25, 0.3) is 0 Å². The summed E-state index contributed by atoms with van der Waals surface area (Å²) in [7, 11) is 4.38. The van der Waals surface area contributed by atoms with Gasteiger partial charge in [0.05, 0.1) is 33.8 Å². The Kier molecular flexibility index (Phi) is 7.54. The number of carbonyl (C=O) groups excluding carboxylic acids is 2. The van der Waals surface area contributed by atoms with Crippen LogP contribution in [0.15, 0.2) is 71.6 Å². The maximum atomic E-state index is 15.3. The molecule has 1 fully saturated rings. The highest BCUT2D eigenvalue weighted by molar-refractivity contribution is 8.01. The average Bonchev–Trinajstić information content (AvgIpc) is 3.16. The number of methoxy groups -OCH3 is 3. The zero-order chi connectivity index (χ0) is 25.9. The Bertz CT molecular complexity index is 1270. The number of aryl methyl sites for hydroxylation is 1. The molecule has 1 aliphatic heterocycles. The summed E-state index contributed by atoms with van der Waals surface area (Å²) in [6.07, 6.45) is -0.143. The van der Waals surface area contributed by atoms with Crippen LogP contribution in [0.5, 0.6) is 11.5 Å². The Labute approximate surface area is 214 Å². The molecule has 0 N–H and O–H groups in total. The highest BCUT2D eigenvalue weighted by Crippen LogP contribution is 2.54. The molecule has 1 unspecified atom stereocenters. The second kappa shape index (κ2) is 10.6. The summed E-state index contributed by atoms with van der Waals surface area (Å²) in [4.78, 5) is 29.4. The number of halogens is 1. The van der Waals surface area contributed by atoms with Crippen LogP contribution >= 0.6 is 11.8 Å². The Morgan fingerprint density at radius 2 is 1.78 bits per heavy atom.